The van der Waals surface area contributed by atoms with Crippen molar-refractivity contribution in [3.05, 3.63) is 34.9 Å². The van der Waals surface area contributed by atoms with Gasteiger partial charge < -0.3 is 10.3 Å². The van der Waals surface area contributed by atoms with Crippen LogP contribution in [0.5, 0.6) is 0 Å². The molecule has 0 amide bonds. The summed E-state index contributed by atoms with van der Waals surface area (Å²) >= 11 is 5.86. The minimum atomic E-state index is -0.490. The van der Waals surface area contributed by atoms with Crippen molar-refractivity contribution >= 4 is 11.6 Å². The van der Waals surface area contributed by atoms with Crippen LogP contribution in [0.4, 0.5) is 4.39 Å². The number of nitrogens with zero attached hydrogens (tertiary/aromatic N) is 2. The summed E-state index contributed by atoms with van der Waals surface area (Å²) in [5, 5.41) is 3.91. The Labute approximate surface area is 96.2 Å². The third kappa shape index (κ3) is 2.05. The molecule has 0 saturated carbocycles. The van der Waals surface area contributed by atoms with Crippen molar-refractivity contribution in [3.63, 3.8) is 0 Å². The first kappa shape index (κ1) is 11.0. The molecule has 6 heteroatoms. The summed E-state index contributed by atoms with van der Waals surface area (Å²) in [4.78, 5) is 4.01. The molecule has 1 heterocycles. The van der Waals surface area contributed by atoms with Gasteiger partial charge in [0.15, 0.2) is 5.82 Å². The van der Waals surface area contributed by atoms with Gasteiger partial charge in [0.05, 0.1) is 10.6 Å². The zero-order valence-corrected chi connectivity index (χ0v) is 9.04. The Kier molecular flexibility index (Phi) is 3.17. The lowest BCUT2D eigenvalue weighted by Crippen LogP contribution is -2.03. The van der Waals surface area contributed by atoms with E-state index in [2.05, 4.69) is 10.1 Å². The highest BCUT2D eigenvalue weighted by molar-refractivity contribution is 6.33. The van der Waals surface area contributed by atoms with E-state index in [1.54, 1.807) is 6.07 Å². The monoisotopic (exact) mass is 241 g/mol. The van der Waals surface area contributed by atoms with Gasteiger partial charge in [-0.3, -0.25) is 0 Å². The summed E-state index contributed by atoms with van der Waals surface area (Å²) in [6.07, 6.45) is 0.482. The van der Waals surface area contributed by atoms with Gasteiger partial charge in [-0.2, -0.15) is 4.98 Å². The number of halogens is 2. The van der Waals surface area contributed by atoms with Crippen LogP contribution < -0.4 is 5.73 Å². The highest BCUT2D eigenvalue weighted by Crippen LogP contribution is 2.28. The van der Waals surface area contributed by atoms with Gasteiger partial charge in [0.25, 0.3) is 5.89 Å². The molecule has 0 fully saturated rings. The van der Waals surface area contributed by atoms with Crippen LogP contribution in [-0.2, 0) is 6.42 Å². The fraction of sp³-hybridized carbons (Fsp3) is 0.200. The van der Waals surface area contributed by atoms with Crippen molar-refractivity contribution in [3.8, 4) is 11.5 Å². The fourth-order valence-corrected chi connectivity index (χ4v) is 1.53. The Balaban J connectivity index is 2.42. The largest absolute Gasteiger partial charge is 0.334 e. The number of hydrogen-bond acceptors (Lipinski definition) is 4. The highest BCUT2D eigenvalue weighted by Gasteiger charge is 2.16. The summed E-state index contributed by atoms with van der Waals surface area (Å²) in [7, 11) is 0. The topological polar surface area (TPSA) is 64.9 Å². The zero-order valence-electron chi connectivity index (χ0n) is 8.28. The maximum absolute atomic E-state index is 13.5. The Morgan fingerprint density at radius 3 is 2.94 bits per heavy atom. The molecule has 1 aromatic heterocycles. The lowest BCUT2D eigenvalue weighted by molar-refractivity contribution is 0.420. The number of nitrogens with two attached hydrogens (primary N) is 1. The predicted octanol–water partition coefficient (Wildman–Crippen LogP) is 2.03. The van der Waals surface area contributed by atoms with E-state index in [0.717, 1.165) is 0 Å². The average molecular weight is 242 g/mol. The van der Waals surface area contributed by atoms with Gasteiger partial charge in [-0.15, -0.1) is 0 Å². The first-order valence-electron chi connectivity index (χ1n) is 4.69. The Morgan fingerprint density at radius 2 is 2.25 bits per heavy atom. The van der Waals surface area contributed by atoms with Crippen LogP contribution in [0.15, 0.2) is 22.7 Å². The molecule has 0 atom stereocenters. The normalized spacial score (nSPS) is 10.7. The van der Waals surface area contributed by atoms with Crippen LogP contribution in [0.25, 0.3) is 11.5 Å². The summed E-state index contributed by atoms with van der Waals surface area (Å²) < 4.78 is 18.4. The molecule has 0 aliphatic heterocycles. The number of benzene rings is 1. The van der Waals surface area contributed by atoms with Gasteiger partial charge >= 0.3 is 0 Å². The molecule has 0 aliphatic carbocycles. The molecule has 84 valence electrons. The summed E-state index contributed by atoms with van der Waals surface area (Å²) in [5.41, 5.74) is 5.47. The molecule has 0 radical (unpaired) electrons. The minimum absolute atomic E-state index is 0.0755. The van der Waals surface area contributed by atoms with Gasteiger partial charge in [-0.1, -0.05) is 22.8 Å². The van der Waals surface area contributed by atoms with Crippen LogP contribution in [0.1, 0.15) is 5.82 Å². The van der Waals surface area contributed by atoms with E-state index >= 15 is 0 Å². The fourth-order valence-electron chi connectivity index (χ4n) is 1.29. The molecule has 4 nitrogen and oxygen atoms in total. The lowest BCUT2D eigenvalue weighted by Gasteiger charge is -1.98. The smallest absolute Gasteiger partial charge is 0.262 e. The average Bonchev–Trinajstić information content (AvgIpc) is 2.67. The molecular formula is C10H9ClFN3O. The molecule has 2 N–H and O–H groups in total. The maximum atomic E-state index is 13.5. The molecule has 0 saturated heterocycles. The minimum Gasteiger partial charge on any atom is -0.334 e. The Bertz CT molecular complexity index is 480. The van der Waals surface area contributed by atoms with E-state index < -0.39 is 5.82 Å². The third-order valence-corrected chi connectivity index (χ3v) is 2.33. The SMILES string of the molecule is NCCc1noc(-c2c(F)cccc2Cl)n1. The highest BCUT2D eigenvalue weighted by atomic mass is 35.5. The second kappa shape index (κ2) is 4.59. The van der Waals surface area contributed by atoms with E-state index in [-0.39, 0.29) is 16.5 Å². The van der Waals surface area contributed by atoms with Crippen molar-refractivity contribution in [1.82, 2.24) is 10.1 Å². The second-order valence-corrected chi connectivity index (χ2v) is 3.56. The lowest BCUT2D eigenvalue weighted by atomic mass is 10.2. The van der Waals surface area contributed by atoms with E-state index in [0.29, 0.717) is 18.8 Å². The quantitative estimate of drug-likeness (QED) is 0.893. The summed E-state index contributed by atoms with van der Waals surface area (Å²) in [6, 6.07) is 4.36. The summed E-state index contributed by atoms with van der Waals surface area (Å²) in [5.74, 6) is 0.0267. The van der Waals surface area contributed by atoms with Gasteiger partial charge in [0, 0.05) is 6.42 Å². The molecule has 2 aromatic rings. The van der Waals surface area contributed by atoms with E-state index in [4.69, 9.17) is 21.9 Å². The van der Waals surface area contributed by atoms with Gasteiger partial charge in [-0.25, -0.2) is 4.39 Å². The van der Waals surface area contributed by atoms with Gasteiger partial charge in [-0.05, 0) is 18.7 Å². The molecule has 2 rings (SSSR count). The van der Waals surface area contributed by atoms with E-state index in [1.165, 1.54) is 12.1 Å². The van der Waals surface area contributed by atoms with Crippen molar-refractivity contribution in [1.29, 1.82) is 0 Å². The molecule has 1 aromatic carbocycles. The van der Waals surface area contributed by atoms with Crippen LogP contribution >= 0.6 is 11.6 Å². The number of hydrogen-bond donors (Lipinski definition) is 1. The summed E-state index contributed by atoms with van der Waals surface area (Å²) in [6.45, 7) is 0.407. The third-order valence-electron chi connectivity index (χ3n) is 2.01. The standard InChI is InChI=1S/C10H9ClFN3O/c11-6-2-1-3-7(12)9(6)10-14-8(4-5-13)15-16-10/h1-3H,4-5,13H2. The van der Waals surface area contributed by atoms with Crippen LogP contribution in [0, 0.1) is 5.82 Å². The van der Waals surface area contributed by atoms with Crippen LogP contribution in [-0.4, -0.2) is 16.7 Å². The molecule has 16 heavy (non-hydrogen) atoms. The molecule has 0 unspecified atom stereocenters. The number of aromatic nitrogens is 2. The zero-order chi connectivity index (χ0) is 11.5. The first-order chi connectivity index (χ1) is 7.72. The van der Waals surface area contributed by atoms with Crippen LogP contribution in [0.2, 0.25) is 5.02 Å². The van der Waals surface area contributed by atoms with Gasteiger partial charge in [0.2, 0.25) is 0 Å². The van der Waals surface area contributed by atoms with E-state index in [9.17, 15) is 4.39 Å². The van der Waals surface area contributed by atoms with Crippen LogP contribution in [0.3, 0.4) is 0 Å². The Morgan fingerprint density at radius 1 is 1.44 bits per heavy atom. The molecular weight excluding hydrogens is 233 g/mol. The van der Waals surface area contributed by atoms with E-state index in [1.807, 2.05) is 0 Å². The van der Waals surface area contributed by atoms with Crippen molar-refractivity contribution < 1.29 is 8.91 Å². The predicted molar refractivity (Wildman–Crippen MR) is 57.5 cm³/mol. The Hall–Kier alpha value is -1.46. The molecule has 0 bridgehead atoms. The maximum Gasteiger partial charge on any atom is 0.262 e. The molecule has 0 aliphatic rings. The van der Waals surface area contributed by atoms with Crippen molar-refractivity contribution in [2.24, 2.45) is 5.73 Å². The van der Waals surface area contributed by atoms with Crippen molar-refractivity contribution in [2.45, 2.75) is 6.42 Å². The second-order valence-electron chi connectivity index (χ2n) is 3.15. The van der Waals surface area contributed by atoms with Gasteiger partial charge in [0.1, 0.15) is 5.82 Å². The number of rotatable bonds is 3. The van der Waals surface area contributed by atoms with Crippen molar-refractivity contribution in [2.75, 3.05) is 6.54 Å². The molecule has 0 spiro atoms. The first-order valence-corrected chi connectivity index (χ1v) is 5.07.